The summed E-state index contributed by atoms with van der Waals surface area (Å²) in [4.78, 5) is 30.9. The van der Waals surface area contributed by atoms with Crippen LogP contribution in [0.4, 0.5) is 13.2 Å². The Morgan fingerprint density at radius 1 is 1.16 bits per heavy atom. The lowest BCUT2D eigenvalue weighted by Gasteiger charge is -2.37. The number of ketones is 1. The van der Waals surface area contributed by atoms with Gasteiger partial charge in [-0.15, -0.1) is 0 Å². The number of carboxylic acids is 1. The van der Waals surface area contributed by atoms with E-state index in [-0.39, 0.29) is 42.6 Å². The second kappa shape index (κ2) is 12.1. The van der Waals surface area contributed by atoms with Crippen molar-refractivity contribution in [2.24, 2.45) is 11.8 Å². The topological polar surface area (TPSA) is 79.7 Å². The Morgan fingerprint density at radius 2 is 1.97 bits per heavy atom. The minimum Gasteiger partial charge on any atom is -0.497 e. The van der Waals surface area contributed by atoms with Gasteiger partial charge in [-0.05, 0) is 61.6 Å². The molecule has 1 N–H and O–H groups in total. The molecule has 2 heterocycles. The molecule has 9 heteroatoms. The molecule has 0 bridgehead atoms. The molecule has 1 fully saturated rings. The number of carbonyl (C=O) groups is 2. The first kappa shape index (κ1) is 27.1. The van der Waals surface area contributed by atoms with Gasteiger partial charge in [-0.25, -0.2) is 13.2 Å². The number of aliphatic carboxylic acids is 1. The largest absolute Gasteiger partial charge is 0.497 e. The quantitative estimate of drug-likeness (QED) is 0.251. The van der Waals surface area contributed by atoms with Gasteiger partial charge >= 0.3 is 5.97 Å². The number of Topliss-reactive ketones (excluding diaryl/α,β-unsaturated/α-hetero) is 1. The van der Waals surface area contributed by atoms with Gasteiger partial charge in [-0.2, -0.15) is 0 Å². The SMILES string of the molecule is COc1ccc2nccc(C(=O)CC[C@@H]3CCN(CC#Cc4cc(F)cc(F)c4F)C[C@H]3CC(=O)O)c2c1. The summed E-state index contributed by atoms with van der Waals surface area (Å²) in [6.07, 6.45) is 3.01. The Hall–Kier alpha value is -3.90. The van der Waals surface area contributed by atoms with Crippen molar-refractivity contribution in [1.82, 2.24) is 9.88 Å². The van der Waals surface area contributed by atoms with Crippen LogP contribution >= 0.6 is 0 Å². The Bertz CT molecular complexity index is 1420. The minimum absolute atomic E-state index is 0.0247. The zero-order chi connectivity index (χ0) is 27.2. The zero-order valence-corrected chi connectivity index (χ0v) is 20.8. The number of ether oxygens (including phenoxy) is 1. The molecule has 0 aliphatic carbocycles. The molecule has 0 unspecified atom stereocenters. The number of benzene rings is 2. The Balaban J connectivity index is 1.41. The van der Waals surface area contributed by atoms with E-state index in [0.29, 0.717) is 54.2 Å². The van der Waals surface area contributed by atoms with Crippen LogP contribution in [0.5, 0.6) is 5.75 Å². The maximum atomic E-state index is 13.8. The molecule has 198 valence electrons. The highest BCUT2D eigenvalue weighted by atomic mass is 19.2. The first-order valence-electron chi connectivity index (χ1n) is 12.3. The van der Waals surface area contributed by atoms with Gasteiger partial charge in [0, 0.05) is 42.6 Å². The standard InChI is InChI=1S/C29H27F3N2O4/c1-38-22-5-6-26-24(16-22)23(8-10-33-26)27(35)7-4-18-9-12-34(17-20(18)14-28(36)37)11-2-3-19-13-21(30)15-25(31)29(19)32/h5-6,8,10,13,15-16,18,20H,4,7,9,11-12,14,17H2,1H3,(H,36,37)/t18-,20-/m1/s1. The number of nitrogens with zero attached hydrogens (tertiary/aromatic N) is 2. The molecular weight excluding hydrogens is 497 g/mol. The molecule has 0 spiro atoms. The van der Waals surface area contributed by atoms with Crippen LogP contribution in [0.2, 0.25) is 0 Å². The van der Waals surface area contributed by atoms with E-state index in [0.717, 1.165) is 6.07 Å². The average molecular weight is 525 g/mol. The fourth-order valence-corrected chi connectivity index (χ4v) is 4.98. The van der Waals surface area contributed by atoms with Crippen molar-refractivity contribution in [2.75, 3.05) is 26.7 Å². The maximum absolute atomic E-state index is 13.8. The first-order chi connectivity index (χ1) is 18.2. The van der Waals surface area contributed by atoms with Gasteiger partial charge in [-0.3, -0.25) is 19.5 Å². The Labute approximate surface area is 218 Å². The fourth-order valence-electron chi connectivity index (χ4n) is 4.98. The van der Waals surface area contributed by atoms with Gasteiger partial charge in [-0.1, -0.05) is 11.8 Å². The third-order valence-electron chi connectivity index (χ3n) is 6.92. The highest BCUT2D eigenvalue weighted by molar-refractivity contribution is 6.07. The maximum Gasteiger partial charge on any atom is 0.303 e. The number of methoxy groups -OCH3 is 1. The summed E-state index contributed by atoms with van der Waals surface area (Å²) in [7, 11) is 1.55. The van der Waals surface area contributed by atoms with E-state index in [9.17, 15) is 27.9 Å². The van der Waals surface area contributed by atoms with Gasteiger partial charge in [0.05, 0.1) is 24.7 Å². The van der Waals surface area contributed by atoms with Crippen LogP contribution in [0.15, 0.2) is 42.6 Å². The number of pyridine rings is 1. The van der Waals surface area contributed by atoms with Crippen molar-refractivity contribution in [3.8, 4) is 17.6 Å². The second-order valence-electron chi connectivity index (χ2n) is 9.40. The molecule has 38 heavy (non-hydrogen) atoms. The summed E-state index contributed by atoms with van der Waals surface area (Å²) < 4.78 is 45.9. The average Bonchev–Trinajstić information content (AvgIpc) is 2.89. The molecule has 2 atom stereocenters. The van der Waals surface area contributed by atoms with E-state index < -0.39 is 23.4 Å². The number of aromatic nitrogens is 1. The van der Waals surface area contributed by atoms with Gasteiger partial charge in [0.25, 0.3) is 0 Å². The number of likely N-dealkylation sites (tertiary alicyclic amines) is 1. The summed E-state index contributed by atoms with van der Waals surface area (Å²) in [5.41, 5.74) is 0.882. The van der Waals surface area contributed by atoms with Crippen LogP contribution in [0.25, 0.3) is 10.9 Å². The molecule has 1 aromatic heterocycles. The zero-order valence-electron chi connectivity index (χ0n) is 20.8. The third-order valence-corrected chi connectivity index (χ3v) is 6.92. The highest BCUT2D eigenvalue weighted by Crippen LogP contribution is 2.31. The fraction of sp³-hybridized carbons (Fsp3) is 0.345. The van der Waals surface area contributed by atoms with E-state index in [1.54, 1.807) is 37.6 Å². The van der Waals surface area contributed by atoms with Gasteiger partial charge in [0.1, 0.15) is 11.6 Å². The number of halogens is 3. The molecule has 1 saturated heterocycles. The van der Waals surface area contributed by atoms with Gasteiger partial charge in [0.2, 0.25) is 0 Å². The minimum atomic E-state index is -1.30. The van der Waals surface area contributed by atoms with Crippen LogP contribution < -0.4 is 4.74 Å². The van der Waals surface area contributed by atoms with E-state index in [2.05, 4.69) is 16.8 Å². The molecular formula is C29H27F3N2O4. The number of carboxylic acid groups (broad SMARTS) is 1. The van der Waals surface area contributed by atoms with Crippen molar-refractivity contribution in [2.45, 2.75) is 25.7 Å². The van der Waals surface area contributed by atoms with Crippen molar-refractivity contribution in [3.63, 3.8) is 0 Å². The normalized spacial score (nSPS) is 17.6. The Kier molecular flexibility index (Phi) is 8.64. The number of hydrogen-bond donors (Lipinski definition) is 1. The first-order valence-corrected chi connectivity index (χ1v) is 12.3. The van der Waals surface area contributed by atoms with Crippen LogP contribution in [0.1, 0.15) is 41.6 Å². The Morgan fingerprint density at radius 3 is 2.74 bits per heavy atom. The van der Waals surface area contributed by atoms with E-state index in [1.807, 2.05) is 4.90 Å². The van der Waals surface area contributed by atoms with Crippen LogP contribution in [0.3, 0.4) is 0 Å². The van der Waals surface area contributed by atoms with Gasteiger partial charge in [0.15, 0.2) is 17.4 Å². The van der Waals surface area contributed by atoms with Crippen LogP contribution in [-0.4, -0.2) is 53.5 Å². The van der Waals surface area contributed by atoms with E-state index >= 15 is 0 Å². The number of hydrogen-bond acceptors (Lipinski definition) is 5. The lowest BCUT2D eigenvalue weighted by Crippen LogP contribution is -2.41. The van der Waals surface area contributed by atoms with Crippen molar-refractivity contribution in [3.05, 3.63) is 71.2 Å². The van der Waals surface area contributed by atoms with E-state index in [1.165, 1.54) is 0 Å². The molecule has 0 amide bonds. The predicted octanol–water partition coefficient (Wildman–Crippen LogP) is 5.09. The molecule has 1 aliphatic rings. The van der Waals surface area contributed by atoms with Crippen molar-refractivity contribution < 1.29 is 32.6 Å². The second-order valence-corrected chi connectivity index (χ2v) is 9.40. The van der Waals surface area contributed by atoms with Gasteiger partial charge < -0.3 is 9.84 Å². The van der Waals surface area contributed by atoms with Crippen LogP contribution in [0, 0.1) is 41.1 Å². The third kappa shape index (κ3) is 6.50. The molecule has 4 rings (SSSR count). The van der Waals surface area contributed by atoms with Crippen molar-refractivity contribution >= 4 is 22.7 Å². The number of fused-ring (bicyclic) bond motifs is 1. The summed E-state index contributed by atoms with van der Waals surface area (Å²) >= 11 is 0. The smallest absolute Gasteiger partial charge is 0.303 e. The molecule has 0 saturated carbocycles. The summed E-state index contributed by atoms with van der Waals surface area (Å²) in [5.74, 6) is 1.27. The molecule has 1 aliphatic heterocycles. The van der Waals surface area contributed by atoms with Crippen LogP contribution in [-0.2, 0) is 4.79 Å². The van der Waals surface area contributed by atoms with E-state index in [4.69, 9.17) is 4.74 Å². The lowest BCUT2D eigenvalue weighted by atomic mass is 9.79. The summed E-state index contributed by atoms with van der Waals surface area (Å²) in [6.45, 7) is 1.25. The number of piperidine rings is 1. The highest BCUT2D eigenvalue weighted by Gasteiger charge is 2.31. The molecule has 0 radical (unpaired) electrons. The summed E-state index contributed by atoms with van der Waals surface area (Å²) in [6, 6.07) is 8.35. The predicted molar refractivity (Wildman–Crippen MR) is 135 cm³/mol. The van der Waals surface area contributed by atoms with Crippen molar-refractivity contribution in [1.29, 1.82) is 0 Å². The molecule has 6 nitrogen and oxygen atoms in total. The molecule has 2 aromatic carbocycles. The monoisotopic (exact) mass is 524 g/mol. The number of rotatable bonds is 8. The lowest BCUT2D eigenvalue weighted by molar-refractivity contribution is -0.139. The number of carbonyl (C=O) groups excluding carboxylic acids is 1. The molecule has 3 aromatic rings. The summed E-state index contributed by atoms with van der Waals surface area (Å²) in [5, 5.41) is 10.2.